The Hall–Kier alpha value is -2.53. The fourth-order valence-corrected chi connectivity index (χ4v) is 4.40. The highest BCUT2D eigenvalue weighted by molar-refractivity contribution is 5.93. The second-order valence-electron chi connectivity index (χ2n) is 8.49. The topological polar surface area (TPSA) is 50.8 Å². The van der Waals surface area contributed by atoms with Crippen LogP contribution in [0.2, 0.25) is 0 Å². The molecule has 0 unspecified atom stereocenters. The maximum Gasteiger partial charge on any atom is 0.238 e. The second kappa shape index (κ2) is 11.2. The molecule has 0 radical (unpaired) electrons. The Bertz CT molecular complexity index is 851. The molecule has 1 amide bonds. The third-order valence-corrected chi connectivity index (χ3v) is 6.33. The van der Waals surface area contributed by atoms with E-state index in [1.165, 1.54) is 11.1 Å². The summed E-state index contributed by atoms with van der Waals surface area (Å²) in [6, 6.07) is 12.3. The number of methoxy groups -OCH3 is 2. The monoisotopic (exact) mass is 424 g/mol. The summed E-state index contributed by atoms with van der Waals surface area (Å²) in [6.07, 6.45) is 5.37. The minimum atomic E-state index is 0.0888. The number of carbonyl (C=O) groups is 1. The van der Waals surface area contributed by atoms with E-state index < -0.39 is 0 Å². The molecule has 1 aliphatic heterocycles. The van der Waals surface area contributed by atoms with Crippen molar-refractivity contribution >= 4 is 11.6 Å². The van der Waals surface area contributed by atoms with Crippen molar-refractivity contribution in [2.45, 2.75) is 46.0 Å². The van der Waals surface area contributed by atoms with Gasteiger partial charge in [-0.1, -0.05) is 25.1 Å². The normalized spacial score (nSPS) is 15.0. The van der Waals surface area contributed by atoms with Gasteiger partial charge >= 0.3 is 0 Å². The molecular formula is C26H36N2O3. The molecule has 5 nitrogen and oxygen atoms in total. The number of likely N-dealkylation sites (tertiary alicyclic amines) is 1. The van der Waals surface area contributed by atoms with E-state index in [-0.39, 0.29) is 5.91 Å². The van der Waals surface area contributed by atoms with Crippen LogP contribution in [0.4, 0.5) is 5.69 Å². The molecule has 1 fully saturated rings. The minimum Gasteiger partial charge on any atom is -0.497 e. The fraction of sp³-hybridized carbons (Fsp3) is 0.500. The lowest BCUT2D eigenvalue weighted by Crippen LogP contribution is -2.39. The number of nitrogens with zero attached hydrogens (tertiary/aromatic N) is 1. The van der Waals surface area contributed by atoms with Crippen molar-refractivity contribution in [2.24, 2.45) is 5.92 Å². The van der Waals surface area contributed by atoms with E-state index in [4.69, 9.17) is 9.47 Å². The van der Waals surface area contributed by atoms with Gasteiger partial charge in [-0.3, -0.25) is 9.69 Å². The maximum absolute atomic E-state index is 12.6. The highest BCUT2D eigenvalue weighted by Gasteiger charge is 2.21. The Balaban J connectivity index is 1.45. The number of benzene rings is 2. The van der Waals surface area contributed by atoms with Gasteiger partial charge in [0.2, 0.25) is 5.91 Å². The van der Waals surface area contributed by atoms with E-state index >= 15 is 0 Å². The molecule has 2 aromatic carbocycles. The van der Waals surface area contributed by atoms with E-state index in [0.29, 0.717) is 12.5 Å². The van der Waals surface area contributed by atoms with Crippen molar-refractivity contribution in [3.05, 3.63) is 53.1 Å². The van der Waals surface area contributed by atoms with Gasteiger partial charge in [0.1, 0.15) is 11.5 Å². The first-order chi connectivity index (χ1) is 15.0. The Morgan fingerprint density at radius 1 is 1.10 bits per heavy atom. The summed E-state index contributed by atoms with van der Waals surface area (Å²) in [5.74, 6) is 2.47. The highest BCUT2D eigenvalue weighted by atomic mass is 16.5. The molecule has 168 valence electrons. The van der Waals surface area contributed by atoms with Crippen molar-refractivity contribution in [3.63, 3.8) is 0 Å². The zero-order valence-corrected chi connectivity index (χ0v) is 19.4. The number of piperidine rings is 1. The van der Waals surface area contributed by atoms with Crippen LogP contribution in [0.5, 0.6) is 11.5 Å². The van der Waals surface area contributed by atoms with Gasteiger partial charge in [-0.2, -0.15) is 0 Å². The fourth-order valence-electron chi connectivity index (χ4n) is 4.40. The van der Waals surface area contributed by atoms with Crippen LogP contribution in [-0.4, -0.2) is 44.7 Å². The number of amides is 1. The summed E-state index contributed by atoms with van der Waals surface area (Å²) < 4.78 is 10.8. The number of anilines is 1. The summed E-state index contributed by atoms with van der Waals surface area (Å²) >= 11 is 0. The Labute approximate surface area is 186 Å². The number of para-hydroxylation sites is 1. The molecular weight excluding hydrogens is 388 g/mol. The molecule has 0 spiro atoms. The molecule has 0 saturated carbocycles. The van der Waals surface area contributed by atoms with Crippen LogP contribution in [0.1, 0.15) is 42.9 Å². The summed E-state index contributed by atoms with van der Waals surface area (Å²) in [7, 11) is 3.37. The molecule has 2 aromatic rings. The van der Waals surface area contributed by atoms with E-state index in [1.54, 1.807) is 14.2 Å². The third kappa shape index (κ3) is 6.47. The number of hydrogen-bond donors (Lipinski definition) is 1. The van der Waals surface area contributed by atoms with Crippen molar-refractivity contribution in [1.29, 1.82) is 0 Å². The Morgan fingerprint density at radius 2 is 1.77 bits per heavy atom. The predicted octanol–water partition coefficient (Wildman–Crippen LogP) is 4.86. The van der Waals surface area contributed by atoms with Crippen LogP contribution in [0.15, 0.2) is 36.4 Å². The van der Waals surface area contributed by atoms with E-state index in [1.807, 2.05) is 6.07 Å². The Kier molecular flexibility index (Phi) is 8.35. The predicted molar refractivity (Wildman–Crippen MR) is 126 cm³/mol. The molecule has 0 aliphatic carbocycles. The number of carbonyl (C=O) groups excluding carboxylic acids is 1. The average molecular weight is 425 g/mol. The van der Waals surface area contributed by atoms with Crippen LogP contribution in [0.25, 0.3) is 0 Å². The van der Waals surface area contributed by atoms with Crippen molar-refractivity contribution in [2.75, 3.05) is 39.2 Å². The summed E-state index contributed by atoms with van der Waals surface area (Å²) in [5.41, 5.74) is 4.56. The molecule has 0 aromatic heterocycles. The number of hydrogen-bond acceptors (Lipinski definition) is 4. The summed E-state index contributed by atoms with van der Waals surface area (Å²) in [5, 5.41) is 3.15. The van der Waals surface area contributed by atoms with Gasteiger partial charge in [0, 0.05) is 11.8 Å². The van der Waals surface area contributed by atoms with Gasteiger partial charge in [0.05, 0.1) is 20.8 Å². The van der Waals surface area contributed by atoms with E-state index in [2.05, 4.69) is 54.4 Å². The minimum absolute atomic E-state index is 0.0888. The molecule has 1 aliphatic rings. The van der Waals surface area contributed by atoms with Gasteiger partial charge in [-0.15, -0.1) is 0 Å². The van der Waals surface area contributed by atoms with Crippen LogP contribution in [0.3, 0.4) is 0 Å². The third-order valence-electron chi connectivity index (χ3n) is 6.33. The van der Waals surface area contributed by atoms with E-state index in [9.17, 15) is 4.79 Å². The average Bonchev–Trinajstić information content (AvgIpc) is 2.79. The number of aryl methyl sites for hydroxylation is 3. The number of nitrogens with one attached hydrogen (secondary N) is 1. The van der Waals surface area contributed by atoms with Gasteiger partial charge in [-0.05, 0) is 86.9 Å². The molecule has 5 heteroatoms. The lowest BCUT2D eigenvalue weighted by molar-refractivity contribution is -0.117. The smallest absolute Gasteiger partial charge is 0.238 e. The molecule has 0 atom stereocenters. The van der Waals surface area contributed by atoms with Crippen molar-refractivity contribution in [3.8, 4) is 11.5 Å². The van der Waals surface area contributed by atoms with E-state index in [0.717, 1.165) is 67.9 Å². The number of rotatable bonds is 9. The molecule has 31 heavy (non-hydrogen) atoms. The van der Waals surface area contributed by atoms with Gasteiger partial charge in [0.25, 0.3) is 0 Å². The molecule has 1 saturated heterocycles. The molecule has 1 N–H and O–H groups in total. The standard InChI is InChI=1S/C26H36N2O3/c1-5-22-8-6-7-19(2)26(22)27-25(29)18-28-13-11-20(12-14-28)9-10-21-15-23(30-3)17-24(16-21)31-4/h6-8,15-17,20H,5,9-14,18H2,1-4H3,(H,27,29). The maximum atomic E-state index is 12.6. The van der Waals surface area contributed by atoms with Gasteiger partial charge < -0.3 is 14.8 Å². The van der Waals surface area contributed by atoms with Crippen LogP contribution in [-0.2, 0) is 17.6 Å². The Morgan fingerprint density at radius 3 is 2.39 bits per heavy atom. The first-order valence-corrected chi connectivity index (χ1v) is 11.3. The van der Waals surface area contributed by atoms with Crippen molar-refractivity contribution < 1.29 is 14.3 Å². The molecule has 3 rings (SSSR count). The van der Waals surface area contributed by atoms with Crippen molar-refractivity contribution in [1.82, 2.24) is 4.90 Å². The first-order valence-electron chi connectivity index (χ1n) is 11.3. The van der Waals surface area contributed by atoms with Crippen LogP contribution >= 0.6 is 0 Å². The lowest BCUT2D eigenvalue weighted by atomic mass is 9.90. The largest absolute Gasteiger partial charge is 0.497 e. The van der Waals surface area contributed by atoms with Gasteiger partial charge in [-0.25, -0.2) is 0 Å². The zero-order valence-electron chi connectivity index (χ0n) is 19.4. The summed E-state index contributed by atoms with van der Waals surface area (Å²) in [4.78, 5) is 14.9. The van der Waals surface area contributed by atoms with Gasteiger partial charge in [0.15, 0.2) is 0 Å². The summed E-state index contributed by atoms with van der Waals surface area (Å²) in [6.45, 7) is 6.61. The highest BCUT2D eigenvalue weighted by Crippen LogP contribution is 2.27. The van der Waals surface area contributed by atoms with Crippen LogP contribution < -0.4 is 14.8 Å². The van der Waals surface area contributed by atoms with Crippen LogP contribution in [0, 0.1) is 12.8 Å². The molecule has 0 bridgehead atoms. The number of ether oxygens (including phenoxy) is 2. The quantitative estimate of drug-likeness (QED) is 0.625. The zero-order chi connectivity index (χ0) is 22.2. The lowest BCUT2D eigenvalue weighted by Gasteiger charge is -2.31. The molecule has 1 heterocycles. The SMILES string of the molecule is CCc1cccc(C)c1NC(=O)CN1CCC(CCc2cc(OC)cc(OC)c2)CC1. The second-order valence-corrected chi connectivity index (χ2v) is 8.49. The first kappa shape index (κ1) is 23.1.